The number of aryl methyl sites for hydroxylation is 1. The van der Waals surface area contributed by atoms with Gasteiger partial charge in [-0.25, -0.2) is 18.8 Å². The van der Waals surface area contributed by atoms with Gasteiger partial charge in [0.15, 0.2) is 0 Å². The maximum Gasteiger partial charge on any atom is 0.444 e. The van der Waals surface area contributed by atoms with E-state index >= 15 is 0 Å². The Morgan fingerprint density at radius 2 is 1.91 bits per heavy atom. The van der Waals surface area contributed by atoms with Crippen molar-refractivity contribution >= 4 is 22.9 Å². The number of rotatable bonds is 10. The number of alkyl halides is 2. The van der Waals surface area contributed by atoms with Gasteiger partial charge in [-0.05, 0) is 19.8 Å². The summed E-state index contributed by atoms with van der Waals surface area (Å²) in [5.74, 6) is 0. The summed E-state index contributed by atoms with van der Waals surface area (Å²) in [5, 5.41) is -3.56. The lowest BCUT2D eigenvalue weighted by Gasteiger charge is -2.27. The van der Waals surface area contributed by atoms with Crippen LogP contribution in [0.3, 0.4) is 0 Å². The highest BCUT2D eigenvalue weighted by Crippen LogP contribution is 2.77. The molecule has 0 aromatic carbocycles. The van der Waals surface area contributed by atoms with E-state index in [0.717, 1.165) is 4.57 Å². The molecule has 1 aliphatic heterocycles. The molecular weight excluding hydrogens is 505 g/mol. The minimum absolute atomic E-state index is 0.219. The topological polar surface area (TPSA) is 206 Å². The van der Waals surface area contributed by atoms with Gasteiger partial charge in [-0.2, -0.15) is 8.78 Å². The highest BCUT2D eigenvalue weighted by Gasteiger charge is 2.67. The van der Waals surface area contributed by atoms with E-state index in [1.54, 1.807) is 0 Å². The summed E-state index contributed by atoms with van der Waals surface area (Å²) >= 11 is 0. The van der Waals surface area contributed by atoms with Crippen LogP contribution in [0, 0.1) is 6.92 Å². The van der Waals surface area contributed by atoms with Gasteiger partial charge in [0.05, 0.1) is 12.7 Å². The van der Waals surface area contributed by atoms with E-state index in [0.29, 0.717) is 0 Å². The fraction of sp³-hybridized carbons (Fsp3) is 0.692. The van der Waals surface area contributed by atoms with Crippen molar-refractivity contribution in [2.24, 2.45) is 0 Å². The van der Waals surface area contributed by atoms with Crippen LogP contribution in [0.15, 0.2) is 15.8 Å². The maximum atomic E-state index is 13.7. The van der Waals surface area contributed by atoms with E-state index in [2.05, 4.69) is 9.29 Å². The SMILES string of the molecule is CCNP(=O)(OCC1CCC(n2cc(C)c(=O)[nH]c2=O)O1)OP(=O)(O)C(F)(F)P(=O)(O)O. The fourth-order valence-corrected chi connectivity index (χ4v) is 7.11. The smallest absolute Gasteiger partial charge is 0.352 e. The molecule has 4 atom stereocenters. The number of H-pyrrole nitrogens is 1. The van der Waals surface area contributed by atoms with Gasteiger partial charge in [-0.3, -0.25) is 28.0 Å². The Bertz CT molecular complexity index is 1100. The molecule has 14 nitrogen and oxygen atoms in total. The first kappa shape index (κ1) is 27.2. The Morgan fingerprint density at radius 1 is 1.28 bits per heavy atom. The number of ether oxygens (including phenoxy) is 1. The molecule has 1 aromatic heterocycles. The predicted molar refractivity (Wildman–Crippen MR) is 104 cm³/mol. The van der Waals surface area contributed by atoms with E-state index in [1.165, 1.54) is 20.0 Å². The van der Waals surface area contributed by atoms with Gasteiger partial charge in [-0.1, -0.05) is 6.92 Å². The average Bonchev–Trinajstić information content (AvgIpc) is 3.10. The quantitative estimate of drug-likeness (QED) is 0.272. The molecule has 2 heterocycles. The summed E-state index contributed by atoms with van der Waals surface area (Å²) in [6.07, 6.45) is 0.0368. The summed E-state index contributed by atoms with van der Waals surface area (Å²) in [6.45, 7) is 1.93. The van der Waals surface area contributed by atoms with Crippen LogP contribution in [0.4, 0.5) is 8.78 Å². The number of nitrogens with zero attached hydrogens (tertiary/aromatic N) is 1. The van der Waals surface area contributed by atoms with Crippen molar-refractivity contribution < 1.29 is 50.7 Å². The van der Waals surface area contributed by atoms with Crippen molar-refractivity contribution in [3.05, 3.63) is 32.6 Å². The Hall–Kier alpha value is -1.05. The van der Waals surface area contributed by atoms with Gasteiger partial charge in [0, 0.05) is 18.3 Å². The number of halogens is 2. The molecule has 4 unspecified atom stereocenters. The molecule has 0 saturated carbocycles. The molecule has 0 aliphatic carbocycles. The molecule has 0 spiro atoms. The van der Waals surface area contributed by atoms with Crippen molar-refractivity contribution in [2.45, 2.75) is 44.4 Å². The lowest BCUT2D eigenvalue weighted by Crippen LogP contribution is -2.33. The third kappa shape index (κ3) is 5.89. The zero-order valence-electron chi connectivity index (χ0n) is 16.7. The van der Waals surface area contributed by atoms with Crippen LogP contribution >= 0.6 is 22.9 Å². The molecule has 5 N–H and O–H groups in total. The van der Waals surface area contributed by atoms with Crippen molar-refractivity contribution in [3.63, 3.8) is 0 Å². The van der Waals surface area contributed by atoms with Gasteiger partial charge in [0.2, 0.25) is 0 Å². The minimum atomic E-state index is -6.47. The van der Waals surface area contributed by atoms with Crippen LogP contribution in [-0.4, -0.2) is 48.9 Å². The molecule has 32 heavy (non-hydrogen) atoms. The number of hydrogen-bond acceptors (Lipinski definition) is 8. The lowest BCUT2D eigenvalue weighted by atomic mass is 10.2. The summed E-state index contributed by atoms with van der Waals surface area (Å²) in [5.41, 5.74) is -1.08. The zero-order valence-corrected chi connectivity index (χ0v) is 19.4. The van der Waals surface area contributed by atoms with E-state index in [1.807, 2.05) is 5.09 Å². The summed E-state index contributed by atoms with van der Waals surface area (Å²) < 4.78 is 78.2. The fourth-order valence-electron chi connectivity index (χ4n) is 2.65. The van der Waals surface area contributed by atoms with Crippen molar-refractivity contribution in [3.8, 4) is 0 Å². The molecule has 2 rings (SSSR count). The summed E-state index contributed by atoms with van der Waals surface area (Å²) in [7, 11) is -17.9. The van der Waals surface area contributed by atoms with Gasteiger partial charge in [0.1, 0.15) is 6.23 Å². The molecule has 1 aliphatic rings. The highest BCUT2D eigenvalue weighted by atomic mass is 31.3. The van der Waals surface area contributed by atoms with Crippen LogP contribution in [0.5, 0.6) is 0 Å². The first-order valence-electron chi connectivity index (χ1n) is 8.98. The van der Waals surface area contributed by atoms with Crippen molar-refractivity contribution in [2.75, 3.05) is 13.2 Å². The van der Waals surface area contributed by atoms with E-state index in [-0.39, 0.29) is 24.9 Å². The third-order valence-corrected chi connectivity index (χ3v) is 10.1. The second kappa shape index (κ2) is 9.67. The van der Waals surface area contributed by atoms with Crippen LogP contribution in [0.2, 0.25) is 0 Å². The molecule has 1 aromatic rings. The maximum absolute atomic E-state index is 13.7. The van der Waals surface area contributed by atoms with Crippen molar-refractivity contribution in [1.29, 1.82) is 0 Å². The van der Waals surface area contributed by atoms with Crippen LogP contribution in [-0.2, 0) is 27.3 Å². The molecule has 0 amide bonds. The second-order valence-corrected chi connectivity index (χ2v) is 12.6. The molecule has 19 heteroatoms. The molecule has 184 valence electrons. The van der Waals surface area contributed by atoms with E-state index < -0.39 is 58.5 Å². The van der Waals surface area contributed by atoms with Gasteiger partial charge >= 0.3 is 34.0 Å². The number of hydrogen-bond donors (Lipinski definition) is 5. The molecule has 1 fully saturated rings. The zero-order chi connectivity index (χ0) is 24.5. The van der Waals surface area contributed by atoms with E-state index in [4.69, 9.17) is 19.0 Å². The largest absolute Gasteiger partial charge is 0.444 e. The Morgan fingerprint density at radius 3 is 2.47 bits per heavy atom. The van der Waals surface area contributed by atoms with Gasteiger partial charge < -0.3 is 19.4 Å². The monoisotopic (exact) mass is 527 g/mol. The standard InChI is InChI=1S/C13H22F2N3O11P3/c1-3-16-32(26,29-31(24,25)13(14,15)30(21,22)23)27-7-9-4-5-10(28-9)18-6-8(2)11(19)17-12(18)20/h6,9-10H,3-5,7H2,1-2H3,(H,16,26)(H,24,25)(H,17,19,20)(H2,21,22,23). The van der Waals surface area contributed by atoms with Crippen molar-refractivity contribution in [1.82, 2.24) is 14.6 Å². The lowest BCUT2D eigenvalue weighted by molar-refractivity contribution is -0.0220. The number of aromatic amines is 1. The Labute approximate surface area is 179 Å². The normalized spacial score (nSPS) is 23.6. The molecular formula is C13H22F2N3O11P3. The second-order valence-electron chi connectivity index (χ2n) is 6.73. The Balaban J connectivity index is 2.11. The molecule has 0 bridgehead atoms. The number of nitrogens with one attached hydrogen (secondary N) is 2. The number of aromatic nitrogens is 2. The minimum Gasteiger partial charge on any atom is -0.352 e. The highest BCUT2D eigenvalue weighted by molar-refractivity contribution is 7.76. The van der Waals surface area contributed by atoms with E-state index in [9.17, 15) is 37.0 Å². The van der Waals surface area contributed by atoms with Gasteiger partial charge in [0.25, 0.3) is 5.56 Å². The van der Waals surface area contributed by atoms with Crippen LogP contribution in [0.1, 0.15) is 31.6 Å². The third-order valence-electron chi connectivity index (χ3n) is 4.23. The average molecular weight is 527 g/mol. The molecule has 1 saturated heterocycles. The Kier molecular flexibility index (Phi) is 8.22. The van der Waals surface area contributed by atoms with Gasteiger partial charge in [-0.15, -0.1) is 0 Å². The van der Waals surface area contributed by atoms with Crippen LogP contribution < -0.4 is 16.3 Å². The summed E-state index contributed by atoms with van der Waals surface area (Å²) in [4.78, 5) is 52.2. The first-order valence-corrected chi connectivity index (χ1v) is 13.7. The summed E-state index contributed by atoms with van der Waals surface area (Å²) in [6, 6.07) is 0. The molecule has 0 radical (unpaired) electrons. The predicted octanol–water partition coefficient (Wildman–Crippen LogP) is 1.19. The first-order chi connectivity index (χ1) is 14.5. The van der Waals surface area contributed by atoms with Crippen LogP contribution in [0.25, 0.3) is 0 Å².